The highest BCUT2D eigenvalue weighted by Gasteiger charge is 2.36. The molecule has 1 aliphatic rings. The summed E-state index contributed by atoms with van der Waals surface area (Å²) in [6.07, 6.45) is -0.836. The fraction of sp³-hybridized carbons (Fsp3) is 0.471. The molecule has 0 radical (unpaired) electrons. The lowest BCUT2D eigenvalue weighted by Crippen LogP contribution is -2.52. The number of nitrogens with one attached hydrogen (secondary N) is 2. The molecule has 1 aromatic carbocycles. The number of ether oxygens (including phenoxy) is 3. The van der Waals surface area contributed by atoms with Gasteiger partial charge in [0.05, 0.1) is 20.3 Å². The number of carboxylic acids is 1. The Hall–Kier alpha value is -2.85. The number of carbonyl (C=O) groups excluding carboxylic acids is 2. The predicted octanol–water partition coefficient (Wildman–Crippen LogP) is -0.574. The Labute approximate surface area is 157 Å². The van der Waals surface area contributed by atoms with Crippen LogP contribution in [-0.2, 0) is 19.1 Å². The number of nitrogens with two attached hydrogens (primary N) is 1. The van der Waals surface area contributed by atoms with E-state index in [1.807, 2.05) is 0 Å². The van der Waals surface area contributed by atoms with Crippen LogP contribution < -0.4 is 25.8 Å². The van der Waals surface area contributed by atoms with Gasteiger partial charge in [-0.25, -0.2) is 0 Å². The smallest absolute Gasteiger partial charge is 0.300 e. The minimum atomic E-state index is -0.836. The molecule has 0 saturated carbocycles. The summed E-state index contributed by atoms with van der Waals surface area (Å²) >= 11 is 0. The second-order valence-corrected chi connectivity index (χ2v) is 5.49. The van der Waals surface area contributed by atoms with Crippen molar-refractivity contribution in [2.75, 3.05) is 33.9 Å². The SMILES string of the molecule is CC(=O)O.COc1ccc([C@H]2NC(=O)CO[C@@H]2C(=O)NCCN)cc1OC. The fourth-order valence-electron chi connectivity index (χ4n) is 2.38. The lowest BCUT2D eigenvalue weighted by molar-refractivity contribution is -0.148. The van der Waals surface area contributed by atoms with Crippen LogP contribution in [0.4, 0.5) is 0 Å². The van der Waals surface area contributed by atoms with Crippen LogP contribution in [0.5, 0.6) is 11.5 Å². The zero-order valence-corrected chi connectivity index (χ0v) is 15.5. The van der Waals surface area contributed by atoms with Gasteiger partial charge >= 0.3 is 0 Å². The average molecular weight is 383 g/mol. The number of aliphatic carboxylic acids is 1. The standard InChI is InChI=1S/C15H21N3O5.C2H4O2/c1-21-10-4-3-9(7-11(10)22-2)13-14(15(20)17-6-5-16)23-8-12(19)18-13;1-2(3)4/h3-4,7,13-14H,5-6,8,16H2,1-2H3,(H,17,20)(H,18,19);1H3,(H,3,4)/t13-,14+;/m1./s1. The molecule has 0 aromatic heterocycles. The molecule has 1 heterocycles. The van der Waals surface area contributed by atoms with Gasteiger partial charge in [0, 0.05) is 20.0 Å². The Balaban J connectivity index is 0.000000828. The van der Waals surface area contributed by atoms with E-state index in [0.717, 1.165) is 6.92 Å². The van der Waals surface area contributed by atoms with Gasteiger partial charge in [0.25, 0.3) is 11.9 Å². The van der Waals surface area contributed by atoms with Gasteiger partial charge in [0.15, 0.2) is 17.6 Å². The molecule has 27 heavy (non-hydrogen) atoms. The minimum absolute atomic E-state index is 0.162. The summed E-state index contributed by atoms with van der Waals surface area (Å²) in [4.78, 5) is 32.9. The zero-order valence-electron chi connectivity index (χ0n) is 15.5. The van der Waals surface area contributed by atoms with Crippen molar-refractivity contribution in [2.45, 2.75) is 19.1 Å². The molecule has 150 valence electrons. The second-order valence-electron chi connectivity index (χ2n) is 5.49. The van der Waals surface area contributed by atoms with Crippen molar-refractivity contribution >= 4 is 17.8 Å². The molecule has 5 N–H and O–H groups in total. The number of rotatable bonds is 6. The molecule has 2 amide bonds. The number of hydrogen-bond acceptors (Lipinski definition) is 7. The van der Waals surface area contributed by atoms with Crippen LogP contribution >= 0.6 is 0 Å². The van der Waals surface area contributed by atoms with Gasteiger partial charge < -0.3 is 35.7 Å². The number of morpholine rings is 1. The molecule has 1 aliphatic heterocycles. The Morgan fingerprint density at radius 3 is 2.52 bits per heavy atom. The van der Waals surface area contributed by atoms with Crippen LogP contribution in [0.2, 0.25) is 0 Å². The summed E-state index contributed by atoms with van der Waals surface area (Å²) < 4.78 is 15.9. The summed E-state index contributed by atoms with van der Waals surface area (Å²) in [6.45, 7) is 1.58. The van der Waals surface area contributed by atoms with E-state index in [-0.39, 0.29) is 18.4 Å². The van der Waals surface area contributed by atoms with Crippen molar-refractivity contribution in [3.8, 4) is 11.5 Å². The van der Waals surface area contributed by atoms with Gasteiger partial charge in [-0.2, -0.15) is 0 Å². The Morgan fingerprint density at radius 2 is 1.96 bits per heavy atom. The highest BCUT2D eigenvalue weighted by molar-refractivity contribution is 5.86. The minimum Gasteiger partial charge on any atom is -0.493 e. The molecule has 2 atom stereocenters. The summed E-state index contributed by atoms with van der Waals surface area (Å²) in [5, 5.41) is 12.9. The third kappa shape index (κ3) is 6.76. The van der Waals surface area contributed by atoms with E-state index < -0.39 is 18.1 Å². The lowest BCUT2D eigenvalue weighted by Gasteiger charge is -2.32. The van der Waals surface area contributed by atoms with Crippen molar-refractivity contribution in [2.24, 2.45) is 5.73 Å². The quantitative estimate of drug-likeness (QED) is 0.510. The highest BCUT2D eigenvalue weighted by Crippen LogP contribution is 2.32. The van der Waals surface area contributed by atoms with Crippen molar-refractivity contribution in [3.63, 3.8) is 0 Å². The van der Waals surface area contributed by atoms with E-state index >= 15 is 0 Å². The van der Waals surface area contributed by atoms with E-state index in [2.05, 4.69) is 10.6 Å². The van der Waals surface area contributed by atoms with Crippen LogP contribution in [0.1, 0.15) is 18.5 Å². The molecule has 0 aliphatic carbocycles. The summed E-state index contributed by atoms with van der Waals surface area (Å²) in [5.41, 5.74) is 6.07. The van der Waals surface area contributed by atoms with E-state index in [1.54, 1.807) is 18.2 Å². The second kappa shape index (κ2) is 11.0. The molecule has 0 bridgehead atoms. The van der Waals surface area contributed by atoms with Gasteiger partial charge in [0.2, 0.25) is 5.91 Å². The predicted molar refractivity (Wildman–Crippen MR) is 95.5 cm³/mol. The van der Waals surface area contributed by atoms with Crippen molar-refractivity contribution < 1.29 is 33.7 Å². The van der Waals surface area contributed by atoms with Gasteiger partial charge in [-0.3, -0.25) is 14.4 Å². The first-order valence-electron chi connectivity index (χ1n) is 8.14. The fourth-order valence-corrected chi connectivity index (χ4v) is 2.38. The Kier molecular flexibility index (Phi) is 9.03. The number of methoxy groups -OCH3 is 2. The third-order valence-corrected chi connectivity index (χ3v) is 3.48. The summed E-state index contributed by atoms with van der Waals surface area (Å²) in [7, 11) is 3.05. The van der Waals surface area contributed by atoms with Gasteiger partial charge in [0.1, 0.15) is 6.61 Å². The Bertz CT molecular complexity index is 662. The van der Waals surface area contributed by atoms with Gasteiger partial charge in [-0.05, 0) is 17.7 Å². The lowest BCUT2D eigenvalue weighted by atomic mass is 9.98. The van der Waals surface area contributed by atoms with E-state index in [4.69, 9.17) is 29.8 Å². The van der Waals surface area contributed by atoms with Crippen LogP contribution in [0.15, 0.2) is 18.2 Å². The normalized spacial score (nSPS) is 18.4. The Morgan fingerprint density at radius 1 is 1.33 bits per heavy atom. The summed E-state index contributed by atoms with van der Waals surface area (Å²) in [6, 6.07) is 4.56. The number of carbonyl (C=O) groups is 3. The maximum atomic E-state index is 12.2. The molecule has 2 rings (SSSR count). The largest absolute Gasteiger partial charge is 0.493 e. The van der Waals surface area contributed by atoms with Crippen LogP contribution in [0, 0.1) is 0 Å². The zero-order chi connectivity index (χ0) is 20.4. The first-order valence-corrected chi connectivity index (χ1v) is 8.14. The summed E-state index contributed by atoms with van der Waals surface area (Å²) in [5.74, 6) is -0.378. The first-order chi connectivity index (χ1) is 12.8. The maximum Gasteiger partial charge on any atom is 0.300 e. The van der Waals surface area contributed by atoms with E-state index in [9.17, 15) is 9.59 Å². The van der Waals surface area contributed by atoms with Gasteiger partial charge in [-0.15, -0.1) is 0 Å². The molecular weight excluding hydrogens is 358 g/mol. The average Bonchev–Trinajstić information content (AvgIpc) is 2.64. The topological polar surface area (TPSA) is 149 Å². The molecule has 10 heteroatoms. The molecular formula is C17H25N3O7. The van der Waals surface area contributed by atoms with Crippen molar-refractivity contribution in [1.82, 2.24) is 10.6 Å². The number of carboxylic acid groups (broad SMARTS) is 1. The molecule has 0 unspecified atom stereocenters. The van der Waals surface area contributed by atoms with E-state index in [0.29, 0.717) is 30.2 Å². The van der Waals surface area contributed by atoms with Crippen LogP contribution in [0.25, 0.3) is 0 Å². The highest BCUT2D eigenvalue weighted by atomic mass is 16.5. The monoisotopic (exact) mass is 383 g/mol. The number of hydrogen-bond donors (Lipinski definition) is 4. The number of amides is 2. The van der Waals surface area contributed by atoms with Crippen LogP contribution in [-0.4, -0.2) is 62.9 Å². The maximum absolute atomic E-state index is 12.2. The van der Waals surface area contributed by atoms with Crippen molar-refractivity contribution in [3.05, 3.63) is 23.8 Å². The molecule has 1 saturated heterocycles. The van der Waals surface area contributed by atoms with E-state index in [1.165, 1.54) is 14.2 Å². The van der Waals surface area contributed by atoms with Gasteiger partial charge in [-0.1, -0.05) is 6.07 Å². The molecule has 10 nitrogen and oxygen atoms in total. The third-order valence-electron chi connectivity index (χ3n) is 3.48. The van der Waals surface area contributed by atoms with Crippen molar-refractivity contribution in [1.29, 1.82) is 0 Å². The first kappa shape index (κ1) is 22.2. The molecule has 1 aromatic rings. The molecule has 0 spiro atoms. The molecule has 1 fully saturated rings. The number of benzene rings is 1. The van der Waals surface area contributed by atoms with Crippen LogP contribution in [0.3, 0.4) is 0 Å².